The summed E-state index contributed by atoms with van der Waals surface area (Å²) in [4.78, 5) is 39.5. The molecule has 0 saturated carbocycles. The van der Waals surface area contributed by atoms with Crippen LogP contribution in [0, 0.1) is 11.3 Å². The minimum Gasteiger partial charge on any atom is -0.494 e. The first kappa shape index (κ1) is 24.6. The van der Waals surface area contributed by atoms with E-state index in [2.05, 4.69) is 21.0 Å². The number of piperidine rings is 1. The summed E-state index contributed by atoms with van der Waals surface area (Å²) in [5.74, 6) is 5.49. The quantitative estimate of drug-likeness (QED) is 0.0996. The van der Waals surface area contributed by atoms with Crippen LogP contribution in [0.5, 0.6) is 5.75 Å². The van der Waals surface area contributed by atoms with E-state index in [1.54, 1.807) is 0 Å². The number of rotatable bonds is 7. The predicted octanol–water partition coefficient (Wildman–Crippen LogP) is 3.08. The highest BCUT2D eigenvalue weighted by atomic mass is 16.5. The number of carbonyl (C=O) groups excluding carboxylic acids is 2. The first-order valence-corrected chi connectivity index (χ1v) is 11.6. The third-order valence-corrected chi connectivity index (χ3v) is 6.13. The van der Waals surface area contributed by atoms with Crippen molar-refractivity contribution in [3.05, 3.63) is 59.4 Å². The van der Waals surface area contributed by atoms with Crippen molar-refractivity contribution in [3.8, 4) is 11.8 Å². The molecule has 3 aromatic rings. The largest absolute Gasteiger partial charge is 0.494 e. The number of ether oxygens (including phenoxy) is 1. The summed E-state index contributed by atoms with van der Waals surface area (Å²) in [5, 5.41) is 11.4. The van der Waals surface area contributed by atoms with Gasteiger partial charge in [0, 0.05) is 25.8 Å². The molecular formula is C26H27N7O3. The predicted molar refractivity (Wildman–Crippen MR) is 137 cm³/mol. The number of nitrogens with two attached hydrogens (primary N) is 1. The summed E-state index contributed by atoms with van der Waals surface area (Å²) < 4.78 is 5.42. The van der Waals surface area contributed by atoms with E-state index in [1.165, 1.54) is 35.8 Å². The maximum absolute atomic E-state index is 13.3. The van der Waals surface area contributed by atoms with Gasteiger partial charge in [0.2, 0.25) is 0 Å². The number of aromatic amines is 1. The van der Waals surface area contributed by atoms with Crippen LogP contribution in [0.4, 0.5) is 5.82 Å². The molecule has 4 rings (SSSR count). The lowest BCUT2D eigenvalue weighted by atomic mass is 9.93. The average Bonchev–Trinajstić information content (AvgIpc) is 3.37. The molecule has 1 aromatic carbocycles. The van der Waals surface area contributed by atoms with Crippen molar-refractivity contribution in [3.63, 3.8) is 0 Å². The molecule has 3 N–H and O–H groups in total. The number of methoxy groups -OCH3 is 1. The van der Waals surface area contributed by atoms with E-state index in [4.69, 9.17) is 10.6 Å². The molecule has 1 amide bonds. The standard InChI is InChI=1S/C26H27N7O3/c1-3-29-16-33(28)25-23-22(21(36-2)15-31-25)20(14-30-23)24(34)26(35)32-11-9-18(10-12-32)19(13-27)17-7-5-4-6-8-17/h4-8,14-16,30H,3,9-12,28H2,1-2H3. The SMILES string of the molecule is CCN=CN(N)c1ncc(OC)c2c(C(=O)C(=O)N3CCC(=C(C#N)c4ccccc4)CC3)c[nH]c12. The number of benzene rings is 1. The molecule has 1 fully saturated rings. The van der Waals surface area contributed by atoms with Gasteiger partial charge < -0.3 is 14.6 Å². The van der Waals surface area contributed by atoms with Gasteiger partial charge in [0.25, 0.3) is 11.7 Å². The number of allylic oxidation sites excluding steroid dienone is 1. The van der Waals surface area contributed by atoms with Gasteiger partial charge in [-0.25, -0.2) is 15.8 Å². The highest BCUT2D eigenvalue weighted by Gasteiger charge is 2.30. The molecular weight excluding hydrogens is 458 g/mol. The van der Waals surface area contributed by atoms with Crippen molar-refractivity contribution < 1.29 is 14.3 Å². The molecule has 0 atom stereocenters. The Kier molecular flexibility index (Phi) is 7.42. The molecule has 1 aliphatic rings. The Labute approximate surface area is 208 Å². The van der Waals surface area contributed by atoms with E-state index in [1.807, 2.05) is 37.3 Å². The number of nitrogens with zero attached hydrogens (tertiary/aromatic N) is 5. The molecule has 3 heterocycles. The molecule has 1 saturated heterocycles. The van der Waals surface area contributed by atoms with Crippen LogP contribution >= 0.6 is 0 Å². The lowest BCUT2D eigenvalue weighted by molar-refractivity contribution is -0.126. The molecule has 0 unspecified atom stereocenters. The fraction of sp³-hybridized carbons (Fsp3) is 0.269. The number of fused-ring (bicyclic) bond motifs is 1. The summed E-state index contributed by atoms with van der Waals surface area (Å²) >= 11 is 0. The van der Waals surface area contributed by atoms with Crippen molar-refractivity contribution in [1.82, 2.24) is 14.9 Å². The van der Waals surface area contributed by atoms with Crippen molar-refractivity contribution in [2.45, 2.75) is 19.8 Å². The number of H-pyrrole nitrogens is 1. The number of hydrogen-bond donors (Lipinski definition) is 2. The summed E-state index contributed by atoms with van der Waals surface area (Å²) in [7, 11) is 1.47. The van der Waals surface area contributed by atoms with E-state index in [-0.39, 0.29) is 5.56 Å². The van der Waals surface area contributed by atoms with E-state index in [0.29, 0.717) is 60.5 Å². The number of carbonyl (C=O) groups is 2. The number of nitriles is 1. The Morgan fingerprint density at radius 2 is 2.03 bits per heavy atom. The molecule has 0 bridgehead atoms. The minimum atomic E-state index is -0.654. The molecule has 10 nitrogen and oxygen atoms in total. The minimum absolute atomic E-state index is 0.180. The number of hydrogen-bond acceptors (Lipinski definition) is 7. The van der Waals surface area contributed by atoms with Gasteiger partial charge in [-0.3, -0.25) is 14.6 Å². The topological polar surface area (TPSA) is 141 Å². The summed E-state index contributed by atoms with van der Waals surface area (Å²) in [5.41, 5.74) is 3.12. The number of likely N-dealkylation sites (tertiary alicyclic amines) is 1. The van der Waals surface area contributed by atoms with Gasteiger partial charge >= 0.3 is 0 Å². The smallest absolute Gasteiger partial charge is 0.295 e. The summed E-state index contributed by atoms with van der Waals surface area (Å²) in [6.45, 7) is 3.13. The van der Waals surface area contributed by atoms with E-state index in [0.717, 1.165) is 11.1 Å². The van der Waals surface area contributed by atoms with Crippen LogP contribution in [0.3, 0.4) is 0 Å². The maximum Gasteiger partial charge on any atom is 0.295 e. The second-order valence-corrected chi connectivity index (χ2v) is 8.20. The Morgan fingerprint density at radius 1 is 1.31 bits per heavy atom. The maximum atomic E-state index is 13.3. The normalized spacial score (nSPS) is 13.6. The fourth-order valence-corrected chi connectivity index (χ4v) is 4.30. The molecule has 2 aromatic heterocycles. The van der Waals surface area contributed by atoms with Crippen molar-refractivity contribution in [2.24, 2.45) is 10.8 Å². The number of hydrazine groups is 1. The Morgan fingerprint density at radius 3 is 2.67 bits per heavy atom. The molecule has 184 valence electrons. The highest BCUT2D eigenvalue weighted by molar-refractivity contribution is 6.45. The van der Waals surface area contributed by atoms with Crippen LogP contribution in [0.2, 0.25) is 0 Å². The Bertz CT molecular complexity index is 1380. The molecule has 10 heteroatoms. The zero-order chi connectivity index (χ0) is 25.7. The van der Waals surface area contributed by atoms with Crippen molar-refractivity contribution >= 4 is 40.3 Å². The summed E-state index contributed by atoms with van der Waals surface area (Å²) in [6, 6.07) is 11.8. The highest BCUT2D eigenvalue weighted by Crippen LogP contribution is 2.34. The third-order valence-electron chi connectivity index (χ3n) is 6.13. The van der Waals surface area contributed by atoms with E-state index in [9.17, 15) is 14.9 Å². The van der Waals surface area contributed by atoms with Gasteiger partial charge in [0.15, 0.2) is 5.82 Å². The second kappa shape index (κ2) is 10.8. The van der Waals surface area contributed by atoms with Gasteiger partial charge in [0.1, 0.15) is 12.1 Å². The Balaban J connectivity index is 1.58. The number of aromatic nitrogens is 2. The van der Waals surface area contributed by atoms with Gasteiger partial charge in [-0.15, -0.1) is 0 Å². The van der Waals surface area contributed by atoms with Crippen LogP contribution in [0.1, 0.15) is 35.7 Å². The monoisotopic (exact) mass is 485 g/mol. The number of ketones is 1. The van der Waals surface area contributed by atoms with Crippen LogP contribution in [-0.2, 0) is 4.79 Å². The second-order valence-electron chi connectivity index (χ2n) is 8.20. The summed E-state index contributed by atoms with van der Waals surface area (Å²) in [6.07, 6.45) is 5.42. The average molecular weight is 486 g/mol. The van der Waals surface area contributed by atoms with Crippen molar-refractivity contribution in [1.29, 1.82) is 5.26 Å². The fourth-order valence-electron chi connectivity index (χ4n) is 4.30. The number of aliphatic imine (C=N–C) groups is 1. The van der Waals surface area contributed by atoms with E-state index < -0.39 is 11.7 Å². The molecule has 0 radical (unpaired) electrons. The first-order valence-electron chi connectivity index (χ1n) is 11.6. The van der Waals surface area contributed by atoms with Crippen LogP contribution in [0.25, 0.3) is 16.5 Å². The number of amides is 1. The Hall–Kier alpha value is -4.49. The van der Waals surface area contributed by atoms with Crippen LogP contribution in [0.15, 0.2) is 53.3 Å². The lowest BCUT2D eigenvalue weighted by Crippen LogP contribution is -2.40. The lowest BCUT2D eigenvalue weighted by Gasteiger charge is -2.28. The van der Waals surface area contributed by atoms with Crippen molar-refractivity contribution in [2.75, 3.05) is 31.8 Å². The molecule has 1 aliphatic heterocycles. The zero-order valence-electron chi connectivity index (χ0n) is 20.2. The van der Waals surface area contributed by atoms with Gasteiger partial charge in [-0.2, -0.15) is 5.26 Å². The van der Waals surface area contributed by atoms with Crippen LogP contribution < -0.4 is 15.6 Å². The zero-order valence-corrected chi connectivity index (χ0v) is 20.2. The van der Waals surface area contributed by atoms with Crippen LogP contribution in [-0.4, -0.2) is 59.6 Å². The third kappa shape index (κ3) is 4.69. The number of nitrogens with one attached hydrogen (secondary N) is 1. The number of anilines is 1. The van der Waals surface area contributed by atoms with Gasteiger partial charge in [-0.05, 0) is 30.9 Å². The van der Waals surface area contributed by atoms with Gasteiger partial charge in [-0.1, -0.05) is 30.3 Å². The molecule has 0 spiro atoms. The number of Topliss-reactive ketones (excluding diaryl/α,β-unsaturated/α-hetero) is 1. The van der Waals surface area contributed by atoms with E-state index >= 15 is 0 Å². The van der Waals surface area contributed by atoms with Gasteiger partial charge in [0.05, 0.1) is 41.4 Å². The number of pyridine rings is 1. The molecule has 36 heavy (non-hydrogen) atoms. The molecule has 0 aliphatic carbocycles. The first-order chi connectivity index (χ1) is 17.5.